The highest BCUT2D eigenvalue weighted by Crippen LogP contribution is 2.76. The van der Waals surface area contributed by atoms with Crippen molar-refractivity contribution in [2.24, 2.45) is 0 Å². The lowest BCUT2D eigenvalue weighted by molar-refractivity contribution is 0.405. The SMILES string of the molecule is COc1ccc(OC)c([P+]([CH-]Cl)(C2CCCC2)C2CCCC2)c1. The predicted octanol–water partition coefficient (Wildman–Crippen LogP) is 5.59. The van der Waals surface area contributed by atoms with Gasteiger partial charge in [0.15, 0.2) is 5.75 Å². The molecule has 0 heterocycles. The normalized spacial score (nSPS) is 20.1. The van der Waals surface area contributed by atoms with Crippen molar-refractivity contribution in [2.45, 2.75) is 62.7 Å². The Morgan fingerprint density at radius 2 is 1.52 bits per heavy atom. The molecule has 0 aliphatic heterocycles. The number of hydrogen-bond acceptors (Lipinski definition) is 2. The van der Waals surface area contributed by atoms with Crippen LogP contribution < -0.4 is 14.8 Å². The highest BCUT2D eigenvalue weighted by molar-refractivity contribution is 7.87. The number of rotatable bonds is 6. The van der Waals surface area contributed by atoms with Crippen LogP contribution in [-0.2, 0) is 0 Å². The molecule has 0 radical (unpaired) electrons. The second kappa shape index (κ2) is 7.62. The molecule has 2 fully saturated rings. The summed E-state index contributed by atoms with van der Waals surface area (Å²) in [6.45, 7) is 0. The number of methoxy groups -OCH3 is 2. The molecule has 1 aromatic carbocycles. The molecular formula is C19H28ClO2P. The van der Waals surface area contributed by atoms with E-state index in [4.69, 9.17) is 21.1 Å². The first kappa shape index (κ1) is 17.4. The van der Waals surface area contributed by atoms with E-state index in [0.717, 1.165) is 22.8 Å². The van der Waals surface area contributed by atoms with Gasteiger partial charge in [-0.25, -0.2) is 0 Å². The van der Waals surface area contributed by atoms with E-state index in [1.165, 1.54) is 56.7 Å². The molecule has 128 valence electrons. The Bertz CT molecular complexity index is 506. The number of ether oxygens (including phenoxy) is 2. The van der Waals surface area contributed by atoms with Gasteiger partial charge in [-0.05, 0) is 63.5 Å². The van der Waals surface area contributed by atoms with Crippen molar-refractivity contribution in [3.63, 3.8) is 0 Å². The minimum atomic E-state index is -1.58. The highest BCUT2D eigenvalue weighted by atomic mass is 35.5. The maximum atomic E-state index is 6.67. The molecule has 2 saturated carbocycles. The molecule has 0 amide bonds. The Labute approximate surface area is 146 Å². The molecule has 0 bridgehead atoms. The molecule has 2 nitrogen and oxygen atoms in total. The molecule has 0 unspecified atom stereocenters. The summed E-state index contributed by atoms with van der Waals surface area (Å²) in [5.41, 5.74) is 3.55. The predicted molar refractivity (Wildman–Crippen MR) is 101 cm³/mol. The quantitative estimate of drug-likeness (QED) is 0.489. The molecule has 0 spiro atoms. The van der Waals surface area contributed by atoms with Crippen molar-refractivity contribution in [3.05, 3.63) is 23.8 Å². The van der Waals surface area contributed by atoms with Crippen LogP contribution in [0.25, 0.3) is 0 Å². The molecule has 3 rings (SSSR count). The molecule has 0 N–H and O–H groups in total. The summed E-state index contributed by atoms with van der Waals surface area (Å²) in [5.74, 6) is 1.91. The van der Waals surface area contributed by atoms with Crippen LogP contribution in [0.3, 0.4) is 0 Å². The van der Waals surface area contributed by atoms with E-state index in [2.05, 4.69) is 17.8 Å². The molecule has 0 aromatic heterocycles. The second-order valence-corrected chi connectivity index (χ2v) is 11.2. The maximum absolute atomic E-state index is 6.67. The van der Waals surface area contributed by atoms with Gasteiger partial charge in [-0.15, -0.1) is 0 Å². The minimum absolute atomic E-state index is 0.726. The maximum Gasteiger partial charge on any atom is 0.158 e. The third kappa shape index (κ3) is 3.10. The smallest absolute Gasteiger partial charge is 0.158 e. The monoisotopic (exact) mass is 354 g/mol. The van der Waals surface area contributed by atoms with Crippen LogP contribution in [0.15, 0.2) is 18.2 Å². The van der Waals surface area contributed by atoms with Gasteiger partial charge >= 0.3 is 0 Å². The van der Waals surface area contributed by atoms with Crippen molar-refractivity contribution < 1.29 is 9.47 Å². The lowest BCUT2D eigenvalue weighted by Crippen LogP contribution is -2.30. The van der Waals surface area contributed by atoms with Gasteiger partial charge < -0.3 is 21.1 Å². The Morgan fingerprint density at radius 3 is 1.96 bits per heavy atom. The Kier molecular flexibility index (Phi) is 5.75. The van der Waals surface area contributed by atoms with Crippen LogP contribution >= 0.6 is 18.9 Å². The second-order valence-electron chi connectivity index (χ2n) is 6.85. The van der Waals surface area contributed by atoms with E-state index >= 15 is 0 Å². The molecule has 2 aliphatic carbocycles. The van der Waals surface area contributed by atoms with Gasteiger partial charge in [0.05, 0.1) is 14.2 Å². The fourth-order valence-electron chi connectivity index (χ4n) is 4.67. The lowest BCUT2D eigenvalue weighted by atomic mass is 10.3. The zero-order chi connectivity index (χ0) is 16.3. The van der Waals surface area contributed by atoms with E-state index in [9.17, 15) is 0 Å². The standard InChI is InChI=1S/C19H28ClO2P/c1-21-15-11-12-18(22-2)19(13-15)23(14-20,16-7-3-4-8-16)17-9-5-6-10-17/h11-14,16-17H,3-10H2,1-2H3. The summed E-state index contributed by atoms with van der Waals surface area (Å²) >= 11 is 6.67. The average Bonchev–Trinajstić information content (AvgIpc) is 3.30. The van der Waals surface area contributed by atoms with E-state index in [0.29, 0.717) is 0 Å². The zero-order valence-corrected chi connectivity index (χ0v) is 15.9. The highest BCUT2D eigenvalue weighted by Gasteiger charge is 2.50. The van der Waals surface area contributed by atoms with Gasteiger partial charge in [0.25, 0.3) is 0 Å². The largest absolute Gasteiger partial charge is 0.497 e. The molecular weight excluding hydrogens is 327 g/mol. The summed E-state index contributed by atoms with van der Waals surface area (Å²) in [6, 6.07) is 6.27. The van der Waals surface area contributed by atoms with Crippen LogP contribution in [0.1, 0.15) is 51.4 Å². The van der Waals surface area contributed by atoms with Crippen molar-refractivity contribution >= 4 is 24.2 Å². The van der Waals surface area contributed by atoms with Crippen molar-refractivity contribution in [1.82, 2.24) is 0 Å². The minimum Gasteiger partial charge on any atom is -0.497 e. The van der Waals surface area contributed by atoms with Crippen LogP contribution in [0.4, 0.5) is 0 Å². The van der Waals surface area contributed by atoms with Crippen molar-refractivity contribution in [1.29, 1.82) is 0 Å². The lowest BCUT2D eigenvalue weighted by Gasteiger charge is -2.44. The van der Waals surface area contributed by atoms with Crippen LogP contribution in [0.2, 0.25) is 0 Å². The third-order valence-corrected chi connectivity index (χ3v) is 11.7. The van der Waals surface area contributed by atoms with Gasteiger partial charge in [-0.3, -0.25) is 0 Å². The molecule has 2 aliphatic rings. The van der Waals surface area contributed by atoms with Gasteiger partial charge in [0.2, 0.25) is 0 Å². The molecule has 23 heavy (non-hydrogen) atoms. The topological polar surface area (TPSA) is 18.5 Å². The summed E-state index contributed by atoms with van der Waals surface area (Å²) < 4.78 is 11.3. The summed E-state index contributed by atoms with van der Waals surface area (Å²) in [7, 11) is 1.93. The molecule has 0 saturated heterocycles. The van der Waals surface area contributed by atoms with Gasteiger partial charge in [-0.1, -0.05) is 12.9 Å². The van der Waals surface area contributed by atoms with Gasteiger partial charge in [0, 0.05) is 17.4 Å². The van der Waals surface area contributed by atoms with Gasteiger partial charge in [-0.2, -0.15) is 0 Å². The van der Waals surface area contributed by atoms with E-state index in [1.54, 1.807) is 14.2 Å². The Morgan fingerprint density at radius 1 is 0.957 bits per heavy atom. The first-order valence-corrected chi connectivity index (χ1v) is 11.2. The fraction of sp³-hybridized carbons (Fsp3) is 0.632. The van der Waals surface area contributed by atoms with E-state index in [1.807, 2.05) is 6.07 Å². The first-order chi connectivity index (χ1) is 11.3. The van der Waals surface area contributed by atoms with Crippen molar-refractivity contribution in [2.75, 3.05) is 14.2 Å². The average molecular weight is 355 g/mol. The van der Waals surface area contributed by atoms with E-state index < -0.39 is 7.26 Å². The molecule has 4 heteroatoms. The number of halogens is 1. The summed E-state index contributed by atoms with van der Waals surface area (Å²) in [6.07, 6.45) is 10.6. The fourth-order valence-corrected chi connectivity index (χ4v) is 11.1. The van der Waals surface area contributed by atoms with Crippen LogP contribution in [0, 0.1) is 5.62 Å². The molecule has 1 aromatic rings. The summed E-state index contributed by atoms with van der Waals surface area (Å²) in [5, 5.41) is 1.34. The number of hydrogen-bond donors (Lipinski definition) is 0. The third-order valence-electron chi connectivity index (χ3n) is 5.82. The van der Waals surface area contributed by atoms with Gasteiger partial charge in [0.1, 0.15) is 11.1 Å². The van der Waals surface area contributed by atoms with Crippen molar-refractivity contribution in [3.8, 4) is 11.5 Å². The summed E-state index contributed by atoms with van der Waals surface area (Å²) in [4.78, 5) is 0. The number of benzene rings is 1. The Balaban J connectivity index is 2.13. The Hall–Kier alpha value is -0.460. The molecule has 0 atom stereocenters. The van der Waals surface area contributed by atoms with Crippen LogP contribution in [-0.4, -0.2) is 25.5 Å². The van der Waals surface area contributed by atoms with E-state index in [-0.39, 0.29) is 0 Å². The van der Waals surface area contributed by atoms with Crippen LogP contribution in [0.5, 0.6) is 11.5 Å². The zero-order valence-electron chi connectivity index (χ0n) is 14.3. The first-order valence-electron chi connectivity index (χ1n) is 8.81.